The number of piperazine rings is 1. The fraction of sp³-hybridized carbons (Fsp3) is 0.438. The minimum Gasteiger partial charge on any atom is -0.453 e. The van der Waals surface area contributed by atoms with Gasteiger partial charge in [-0.25, -0.2) is 9.97 Å². The van der Waals surface area contributed by atoms with Crippen molar-refractivity contribution >= 4 is 23.5 Å². The average Bonchev–Trinajstić information content (AvgIpc) is 3.03. The molecule has 0 saturated carbocycles. The Morgan fingerprint density at radius 1 is 1.00 bits per heavy atom. The number of carbonyl (C=O) groups is 2. The highest BCUT2D eigenvalue weighted by Gasteiger charge is 2.39. The minimum atomic E-state index is -0.899. The van der Waals surface area contributed by atoms with Crippen molar-refractivity contribution in [2.24, 2.45) is 5.92 Å². The standard InChI is InChI=1S/C32H39N5O6/c1-21-28(19-36-15-17-37(18-16-36)32-33-13-4-14-34-32)42-31(43-29(21)25-7-5-24(20-38)6-8-25)26-9-11-27(12-10-26)35-30(40)22(2)41-23(3)39/h4-14,21-22,28-29,31,38H,15-20H2,1-3H3,(H,35,40). The van der Waals surface area contributed by atoms with Gasteiger partial charge in [-0.05, 0) is 36.2 Å². The van der Waals surface area contributed by atoms with Crippen LogP contribution in [0.15, 0.2) is 67.0 Å². The molecule has 5 rings (SSSR count). The van der Waals surface area contributed by atoms with E-state index >= 15 is 0 Å². The molecule has 0 radical (unpaired) electrons. The van der Waals surface area contributed by atoms with Gasteiger partial charge in [0.25, 0.3) is 5.91 Å². The topological polar surface area (TPSA) is 126 Å². The Kier molecular flexibility index (Phi) is 9.98. The summed E-state index contributed by atoms with van der Waals surface area (Å²) in [6, 6.07) is 17.0. The number of rotatable bonds is 9. The maximum absolute atomic E-state index is 12.4. The van der Waals surface area contributed by atoms with Gasteiger partial charge in [-0.15, -0.1) is 0 Å². The SMILES string of the molecule is CC(=O)OC(C)C(=O)Nc1ccc(C2OC(CN3CCN(c4ncccn4)CC3)C(C)C(c3ccc(CO)cc3)O2)cc1. The van der Waals surface area contributed by atoms with Gasteiger partial charge in [0.05, 0.1) is 18.8 Å². The first-order valence-corrected chi connectivity index (χ1v) is 14.6. The fourth-order valence-electron chi connectivity index (χ4n) is 5.44. The Morgan fingerprint density at radius 3 is 2.28 bits per heavy atom. The van der Waals surface area contributed by atoms with E-state index in [4.69, 9.17) is 14.2 Å². The summed E-state index contributed by atoms with van der Waals surface area (Å²) in [7, 11) is 0. The smallest absolute Gasteiger partial charge is 0.303 e. The fourth-order valence-corrected chi connectivity index (χ4v) is 5.44. The number of carbonyl (C=O) groups excluding carboxylic acids is 2. The normalized spacial score (nSPS) is 23.4. The summed E-state index contributed by atoms with van der Waals surface area (Å²) >= 11 is 0. The van der Waals surface area contributed by atoms with Gasteiger partial charge < -0.3 is 29.5 Å². The molecule has 2 N–H and O–H groups in total. The molecule has 43 heavy (non-hydrogen) atoms. The maximum Gasteiger partial charge on any atom is 0.303 e. The number of amides is 1. The van der Waals surface area contributed by atoms with E-state index in [9.17, 15) is 14.7 Å². The van der Waals surface area contributed by atoms with Gasteiger partial charge >= 0.3 is 5.97 Å². The van der Waals surface area contributed by atoms with Crippen LogP contribution in [-0.4, -0.2) is 76.8 Å². The van der Waals surface area contributed by atoms with E-state index in [1.165, 1.54) is 13.8 Å². The van der Waals surface area contributed by atoms with Gasteiger partial charge in [-0.3, -0.25) is 14.5 Å². The molecule has 11 nitrogen and oxygen atoms in total. The number of ether oxygens (including phenoxy) is 3. The van der Waals surface area contributed by atoms with E-state index in [2.05, 4.69) is 32.0 Å². The molecule has 11 heteroatoms. The van der Waals surface area contributed by atoms with Gasteiger partial charge in [0, 0.05) is 69.2 Å². The predicted molar refractivity (Wildman–Crippen MR) is 160 cm³/mol. The van der Waals surface area contributed by atoms with Crippen molar-refractivity contribution in [1.29, 1.82) is 0 Å². The molecule has 3 heterocycles. The van der Waals surface area contributed by atoms with Crippen molar-refractivity contribution < 1.29 is 28.9 Å². The van der Waals surface area contributed by atoms with Gasteiger partial charge in [0.1, 0.15) is 0 Å². The van der Waals surface area contributed by atoms with Crippen molar-refractivity contribution in [3.63, 3.8) is 0 Å². The Balaban J connectivity index is 1.29. The molecular weight excluding hydrogens is 550 g/mol. The summed E-state index contributed by atoms with van der Waals surface area (Å²) in [6.07, 6.45) is 1.69. The van der Waals surface area contributed by atoms with Crippen LogP contribution in [0.25, 0.3) is 0 Å². The second-order valence-electron chi connectivity index (χ2n) is 11.0. The number of benzene rings is 2. The first-order valence-electron chi connectivity index (χ1n) is 14.6. The third-order valence-corrected chi connectivity index (χ3v) is 7.93. The van der Waals surface area contributed by atoms with Crippen molar-refractivity contribution in [2.45, 2.75) is 52.0 Å². The minimum absolute atomic E-state index is 0.0156. The largest absolute Gasteiger partial charge is 0.453 e. The molecule has 2 aromatic carbocycles. The van der Waals surface area contributed by atoms with Crippen LogP contribution in [0, 0.1) is 5.92 Å². The van der Waals surface area contributed by atoms with E-state index < -0.39 is 24.3 Å². The highest BCUT2D eigenvalue weighted by molar-refractivity contribution is 5.94. The van der Waals surface area contributed by atoms with Crippen LogP contribution >= 0.6 is 0 Å². The summed E-state index contributed by atoms with van der Waals surface area (Å²) < 4.78 is 18.1. The van der Waals surface area contributed by atoms with E-state index in [-0.39, 0.29) is 24.7 Å². The van der Waals surface area contributed by atoms with Crippen LogP contribution in [-0.2, 0) is 30.4 Å². The lowest BCUT2D eigenvalue weighted by Crippen LogP contribution is -2.51. The molecular formula is C32H39N5O6. The number of anilines is 2. The van der Waals surface area contributed by atoms with Gasteiger partial charge in [0.2, 0.25) is 5.95 Å². The van der Waals surface area contributed by atoms with E-state index in [0.29, 0.717) is 5.69 Å². The lowest BCUT2D eigenvalue weighted by molar-refractivity contribution is -0.276. The summed E-state index contributed by atoms with van der Waals surface area (Å²) in [4.78, 5) is 37.0. The van der Waals surface area contributed by atoms with Gasteiger partial charge in [-0.1, -0.05) is 43.3 Å². The maximum atomic E-state index is 12.4. The highest BCUT2D eigenvalue weighted by Crippen LogP contribution is 2.42. The second kappa shape index (κ2) is 14.0. The molecule has 2 aliphatic rings. The predicted octanol–water partition coefficient (Wildman–Crippen LogP) is 3.47. The Bertz CT molecular complexity index is 1350. The summed E-state index contributed by atoms with van der Waals surface area (Å²) in [5.41, 5.74) is 3.27. The lowest BCUT2D eigenvalue weighted by atomic mass is 9.90. The first-order chi connectivity index (χ1) is 20.8. The Morgan fingerprint density at radius 2 is 1.65 bits per heavy atom. The Hall–Kier alpha value is -3.90. The van der Waals surface area contributed by atoms with Gasteiger partial charge in [0.15, 0.2) is 12.4 Å². The summed E-state index contributed by atoms with van der Waals surface area (Å²) in [5.74, 6) is -0.105. The molecule has 5 atom stereocenters. The third kappa shape index (κ3) is 7.74. The van der Waals surface area contributed by atoms with Crippen molar-refractivity contribution in [3.05, 3.63) is 83.7 Å². The third-order valence-electron chi connectivity index (χ3n) is 7.93. The van der Waals surface area contributed by atoms with Crippen LogP contribution in [0.2, 0.25) is 0 Å². The van der Waals surface area contributed by atoms with Crippen LogP contribution in [0.4, 0.5) is 11.6 Å². The monoisotopic (exact) mass is 589 g/mol. The average molecular weight is 590 g/mol. The molecule has 228 valence electrons. The zero-order valence-corrected chi connectivity index (χ0v) is 24.8. The lowest BCUT2D eigenvalue weighted by Gasteiger charge is -2.44. The molecule has 0 bridgehead atoms. The van der Waals surface area contributed by atoms with Crippen LogP contribution in [0.5, 0.6) is 0 Å². The number of esters is 1. The molecule has 1 aromatic heterocycles. The molecule has 0 spiro atoms. The number of aromatic nitrogens is 2. The summed E-state index contributed by atoms with van der Waals surface area (Å²) in [5, 5.41) is 12.3. The number of hydrogen-bond acceptors (Lipinski definition) is 10. The van der Waals surface area contributed by atoms with Crippen molar-refractivity contribution in [3.8, 4) is 0 Å². The number of nitrogens with one attached hydrogen (secondary N) is 1. The second-order valence-corrected chi connectivity index (χ2v) is 11.0. The number of aliphatic hydroxyl groups is 1. The number of nitrogens with zero attached hydrogens (tertiary/aromatic N) is 4. The van der Waals surface area contributed by atoms with Crippen molar-refractivity contribution in [1.82, 2.24) is 14.9 Å². The Labute approximate surface area is 251 Å². The van der Waals surface area contributed by atoms with Crippen LogP contribution < -0.4 is 10.2 Å². The molecule has 3 aromatic rings. The molecule has 5 unspecified atom stereocenters. The molecule has 2 fully saturated rings. The van der Waals surface area contributed by atoms with Crippen molar-refractivity contribution in [2.75, 3.05) is 42.9 Å². The van der Waals surface area contributed by atoms with E-state index in [1.54, 1.807) is 24.5 Å². The summed E-state index contributed by atoms with van der Waals surface area (Å²) in [6.45, 7) is 9.08. The molecule has 2 aliphatic heterocycles. The first kappa shape index (κ1) is 30.6. The number of aliphatic hydroxyl groups excluding tert-OH is 1. The van der Waals surface area contributed by atoms with Crippen LogP contribution in [0.1, 0.15) is 49.9 Å². The van der Waals surface area contributed by atoms with Crippen LogP contribution in [0.3, 0.4) is 0 Å². The molecule has 0 aliphatic carbocycles. The van der Waals surface area contributed by atoms with E-state index in [0.717, 1.165) is 55.4 Å². The van der Waals surface area contributed by atoms with Gasteiger partial charge in [-0.2, -0.15) is 0 Å². The quantitative estimate of drug-likeness (QED) is 0.358. The number of hydrogen-bond donors (Lipinski definition) is 2. The highest BCUT2D eigenvalue weighted by atomic mass is 16.7. The zero-order chi connectivity index (χ0) is 30.3. The molecule has 2 saturated heterocycles. The van der Waals surface area contributed by atoms with E-state index in [1.807, 2.05) is 42.5 Å². The molecule has 1 amide bonds. The zero-order valence-electron chi connectivity index (χ0n) is 24.8.